The Morgan fingerprint density at radius 2 is 1.51 bits per heavy atom. The molecule has 11 heteroatoms. The molecule has 200 valence electrons. The molecule has 5 rings (SSSR count). The molecule has 5 aromatic rings. The number of H-pyrrole nitrogens is 1. The monoisotopic (exact) mass is 539 g/mol. The number of rotatable bonds is 7. The molecule has 0 amide bonds. The molecule has 0 saturated carbocycles. The van der Waals surface area contributed by atoms with Crippen LogP contribution in [0.4, 0.5) is 17.6 Å². The van der Waals surface area contributed by atoms with Crippen molar-refractivity contribution in [1.29, 1.82) is 0 Å². The molecule has 0 fully saturated rings. The number of nitrogens with one attached hydrogen (secondary N) is 1. The Kier molecular flexibility index (Phi) is 8.40. The van der Waals surface area contributed by atoms with E-state index in [9.17, 15) is 17.6 Å². The van der Waals surface area contributed by atoms with Gasteiger partial charge < -0.3 is 19.6 Å². The van der Waals surface area contributed by atoms with Crippen molar-refractivity contribution in [3.8, 4) is 22.9 Å². The Hall–Kier alpha value is -4.93. The van der Waals surface area contributed by atoms with Gasteiger partial charge in [-0.3, -0.25) is 0 Å². The van der Waals surface area contributed by atoms with E-state index in [1.807, 2.05) is 54.6 Å². The maximum Gasteiger partial charge on any atom is 0.490 e. The predicted molar refractivity (Wildman–Crippen MR) is 135 cm³/mol. The Labute approximate surface area is 219 Å². The van der Waals surface area contributed by atoms with E-state index in [-0.39, 0.29) is 12.4 Å². The zero-order valence-electron chi connectivity index (χ0n) is 20.2. The normalized spacial score (nSPS) is 11.0. The smallest absolute Gasteiger partial charge is 0.489 e. The molecule has 2 heterocycles. The highest BCUT2D eigenvalue weighted by Crippen LogP contribution is 2.30. The summed E-state index contributed by atoms with van der Waals surface area (Å²) in [6.07, 6.45) is -3.37. The zero-order valence-corrected chi connectivity index (χ0v) is 20.2. The maximum atomic E-state index is 14.0. The van der Waals surface area contributed by atoms with E-state index in [1.165, 1.54) is 6.07 Å². The van der Waals surface area contributed by atoms with Gasteiger partial charge >= 0.3 is 12.1 Å². The third kappa shape index (κ3) is 7.54. The molecule has 0 bridgehead atoms. The number of aliphatic carboxylic acids is 1. The summed E-state index contributed by atoms with van der Waals surface area (Å²) in [7, 11) is 0. The fraction of sp³-hybridized carbons (Fsp3) is 0.107. The minimum Gasteiger partial charge on any atom is -0.489 e. The van der Waals surface area contributed by atoms with E-state index in [1.54, 1.807) is 30.5 Å². The van der Waals surface area contributed by atoms with Crippen LogP contribution in [0.15, 0.2) is 91.1 Å². The number of hydrogen-bond donors (Lipinski definition) is 2. The lowest BCUT2D eigenvalue weighted by Gasteiger charge is -2.12. The van der Waals surface area contributed by atoms with Crippen LogP contribution in [0.1, 0.15) is 11.1 Å². The molecule has 2 aromatic heterocycles. The molecule has 39 heavy (non-hydrogen) atoms. The van der Waals surface area contributed by atoms with Gasteiger partial charge in [0.25, 0.3) is 0 Å². The van der Waals surface area contributed by atoms with Gasteiger partial charge in [-0.1, -0.05) is 48.5 Å². The van der Waals surface area contributed by atoms with Crippen molar-refractivity contribution in [2.24, 2.45) is 0 Å². The summed E-state index contributed by atoms with van der Waals surface area (Å²) in [5, 5.41) is 7.12. The topological polar surface area (TPSA) is 97.3 Å². The van der Waals surface area contributed by atoms with Gasteiger partial charge in [-0.2, -0.15) is 13.2 Å². The highest BCUT2D eigenvalue weighted by Gasteiger charge is 2.38. The summed E-state index contributed by atoms with van der Waals surface area (Å²) < 4.78 is 57.7. The second-order valence-corrected chi connectivity index (χ2v) is 8.11. The van der Waals surface area contributed by atoms with Gasteiger partial charge in [-0.15, -0.1) is 0 Å². The van der Waals surface area contributed by atoms with E-state index in [0.717, 1.165) is 16.6 Å². The van der Waals surface area contributed by atoms with Crippen LogP contribution in [-0.2, 0) is 18.0 Å². The van der Waals surface area contributed by atoms with Crippen LogP contribution in [0.5, 0.6) is 11.5 Å². The average molecular weight is 539 g/mol. The number of pyridine rings is 1. The van der Waals surface area contributed by atoms with E-state index >= 15 is 0 Å². The van der Waals surface area contributed by atoms with Crippen LogP contribution in [-0.4, -0.2) is 32.2 Å². The summed E-state index contributed by atoms with van der Waals surface area (Å²) in [5.74, 6) is -1.22. The fourth-order valence-corrected chi connectivity index (χ4v) is 3.37. The highest BCUT2D eigenvalue weighted by molar-refractivity contribution is 5.76. The Morgan fingerprint density at radius 1 is 0.872 bits per heavy atom. The Balaban J connectivity index is 0.000000448. The lowest BCUT2D eigenvalue weighted by Crippen LogP contribution is -2.21. The first-order valence-electron chi connectivity index (χ1n) is 11.5. The van der Waals surface area contributed by atoms with E-state index in [4.69, 9.17) is 19.4 Å². The standard InChI is InChI=1S/C26H20FN3O2.C2HF3O2/c27-23-10-5-4-9-19(23)17-32-22-14-20(25-29-24-11-6-12-28-26(24)30-25)13-21(15-22)31-16-18-7-2-1-3-8-18;3-2(4,5)1(6)7/h1-15H,16-17H2,(H,28,29,30);(H,6,7). The quantitative estimate of drug-likeness (QED) is 0.228. The number of carboxylic acid groups (broad SMARTS) is 1. The molecule has 0 saturated heterocycles. The summed E-state index contributed by atoms with van der Waals surface area (Å²) in [5.41, 5.74) is 3.80. The molecule has 3 aromatic carbocycles. The van der Waals surface area contributed by atoms with Crippen molar-refractivity contribution >= 4 is 17.1 Å². The first kappa shape index (κ1) is 27.1. The number of imidazole rings is 1. The molecular weight excluding hydrogens is 518 g/mol. The first-order valence-corrected chi connectivity index (χ1v) is 11.5. The number of benzene rings is 3. The molecule has 2 N–H and O–H groups in total. The molecule has 0 aliphatic heterocycles. The first-order chi connectivity index (χ1) is 18.7. The van der Waals surface area contributed by atoms with Crippen molar-refractivity contribution in [3.05, 3.63) is 108 Å². The Morgan fingerprint density at radius 3 is 2.15 bits per heavy atom. The third-order valence-corrected chi connectivity index (χ3v) is 5.25. The number of alkyl halides is 3. The van der Waals surface area contributed by atoms with Crippen LogP contribution in [0, 0.1) is 5.82 Å². The van der Waals surface area contributed by atoms with E-state index in [2.05, 4.69) is 15.0 Å². The van der Waals surface area contributed by atoms with Crippen molar-refractivity contribution in [2.45, 2.75) is 19.4 Å². The van der Waals surface area contributed by atoms with Gasteiger partial charge in [-0.05, 0) is 35.9 Å². The molecule has 0 aliphatic rings. The largest absolute Gasteiger partial charge is 0.490 e. The van der Waals surface area contributed by atoms with Crippen LogP contribution in [0.25, 0.3) is 22.6 Å². The average Bonchev–Trinajstić information content (AvgIpc) is 3.36. The lowest BCUT2D eigenvalue weighted by atomic mass is 10.2. The molecule has 0 aliphatic carbocycles. The van der Waals surface area contributed by atoms with E-state index in [0.29, 0.717) is 35.1 Å². The predicted octanol–water partition coefficient (Wildman–Crippen LogP) is 6.56. The molecule has 0 atom stereocenters. The van der Waals surface area contributed by atoms with Gasteiger partial charge in [-0.25, -0.2) is 19.2 Å². The van der Waals surface area contributed by atoms with Crippen LogP contribution in [0.2, 0.25) is 0 Å². The second kappa shape index (κ2) is 12.1. The minimum absolute atomic E-state index is 0.107. The molecule has 0 spiro atoms. The molecule has 0 unspecified atom stereocenters. The number of halogens is 4. The van der Waals surface area contributed by atoms with Crippen molar-refractivity contribution in [2.75, 3.05) is 0 Å². The third-order valence-electron chi connectivity index (χ3n) is 5.25. The van der Waals surface area contributed by atoms with E-state index < -0.39 is 12.1 Å². The van der Waals surface area contributed by atoms with Gasteiger partial charge in [0.05, 0.1) is 0 Å². The maximum absolute atomic E-state index is 14.0. The Bertz CT molecular complexity index is 1520. The van der Waals surface area contributed by atoms with Crippen LogP contribution < -0.4 is 9.47 Å². The number of carbonyl (C=O) groups is 1. The lowest BCUT2D eigenvalue weighted by molar-refractivity contribution is -0.192. The SMILES string of the molecule is Fc1ccccc1COc1cc(OCc2ccccc2)cc(-c2nc3cccnc3[nH]2)c1.O=C(O)C(F)(F)F. The van der Waals surface area contributed by atoms with Crippen molar-refractivity contribution in [1.82, 2.24) is 15.0 Å². The summed E-state index contributed by atoms with van der Waals surface area (Å²) in [4.78, 5) is 21.1. The number of ether oxygens (including phenoxy) is 2. The second-order valence-electron chi connectivity index (χ2n) is 8.11. The van der Waals surface area contributed by atoms with Gasteiger partial charge in [0.15, 0.2) is 5.65 Å². The molecule has 7 nitrogen and oxygen atoms in total. The number of carboxylic acids is 1. The van der Waals surface area contributed by atoms with Gasteiger partial charge in [0, 0.05) is 23.4 Å². The number of aromatic amines is 1. The van der Waals surface area contributed by atoms with Crippen molar-refractivity contribution in [3.63, 3.8) is 0 Å². The summed E-state index contributed by atoms with van der Waals surface area (Å²) in [6, 6.07) is 25.8. The van der Waals surface area contributed by atoms with Crippen molar-refractivity contribution < 1.29 is 36.9 Å². The summed E-state index contributed by atoms with van der Waals surface area (Å²) in [6.45, 7) is 0.522. The summed E-state index contributed by atoms with van der Waals surface area (Å²) >= 11 is 0. The van der Waals surface area contributed by atoms with Gasteiger partial charge in [0.1, 0.15) is 41.9 Å². The highest BCUT2D eigenvalue weighted by atomic mass is 19.4. The number of aromatic nitrogens is 3. The fourth-order valence-electron chi connectivity index (χ4n) is 3.37. The van der Waals surface area contributed by atoms with Crippen LogP contribution in [0.3, 0.4) is 0 Å². The van der Waals surface area contributed by atoms with Crippen LogP contribution >= 0.6 is 0 Å². The number of fused-ring (bicyclic) bond motifs is 1. The minimum atomic E-state index is -5.08. The molecule has 0 radical (unpaired) electrons. The number of nitrogens with zero attached hydrogens (tertiary/aromatic N) is 2. The zero-order chi connectivity index (χ0) is 27.8. The molecular formula is C28H21F4N3O4. The number of hydrogen-bond acceptors (Lipinski definition) is 5. The van der Waals surface area contributed by atoms with Gasteiger partial charge in [0.2, 0.25) is 0 Å².